The zero-order valence-corrected chi connectivity index (χ0v) is 11.6. The van der Waals surface area contributed by atoms with Crippen LogP contribution in [-0.2, 0) is 0 Å². The van der Waals surface area contributed by atoms with Crippen LogP contribution in [0.2, 0.25) is 0 Å². The molecule has 1 fully saturated rings. The number of hydrazine groups is 1. The van der Waals surface area contributed by atoms with E-state index in [1.54, 1.807) is 0 Å². The van der Waals surface area contributed by atoms with Gasteiger partial charge in [-0.3, -0.25) is 11.3 Å². The van der Waals surface area contributed by atoms with Gasteiger partial charge in [0.25, 0.3) is 0 Å². The molecule has 0 aromatic rings. The molecular formula is C14H30N2. The third-order valence-electron chi connectivity index (χ3n) is 4.85. The summed E-state index contributed by atoms with van der Waals surface area (Å²) in [6, 6.07) is 0.475. The number of rotatable bonds is 5. The second kappa shape index (κ2) is 6.02. The van der Waals surface area contributed by atoms with E-state index in [0.717, 1.165) is 11.8 Å². The second-order valence-corrected chi connectivity index (χ2v) is 6.10. The van der Waals surface area contributed by atoms with Crippen LogP contribution in [-0.4, -0.2) is 6.04 Å². The van der Waals surface area contributed by atoms with Crippen LogP contribution in [0.4, 0.5) is 0 Å². The molecule has 3 unspecified atom stereocenters. The summed E-state index contributed by atoms with van der Waals surface area (Å²) in [4.78, 5) is 0. The van der Waals surface area contributed by atoms with E-state index in [0.29, 0.717) is 11.5 Å². The first kappa shape index (κ1) is 14.0. The maximum absolute atomic E-state index is 5.83. The fourth-order valence-electron chi connectivity index (χ4n) is 3.33. The molecule has 0 amide bonds. The van der Waals surface area contributed by atoms with Gasteiger partial charge in [0.1, 0.15) is 0 Å². The van der Waals surface area contributed by atoms with E-state index in [1.165, 1.54) is 38.5 Å². The van der Waals surface area contributed by atoms with E-state index < -0.39 is 0 Å². The minimum Gasteiger partial charge on any atom is -0.271 e. The first-order chi connectivity index (χ1) is 7.56. The van der Waals surface area contributed by atoms with Gasteiger partial charge in [0.2, 0.25) is 0 Å². The molecule has 3 atom stereocenters. The monoisotopic (exact) mass is 226 g/mol. The SMILES string of the molecule is CCC1CCCCC1C(NN)C(C)(C)CC. The fourth-order valence-corrected chi connectivity index (χ4v) is 3.33. The van der Waals surface area contributed by atoms with Crippen molar-refractivity contribution < 1.29 is 0 Å². The molecule has 1 aliphatic rings. The lowest BCUT2D eigenvalue weighted by molar-refractivity contribution is 0.0914. The smallest absolute Gasteiger partial charge is 0.0292 e. The van der Waals surface area contributed by atoms with E-state index in [4.69, 9.17) is 5.84 Å². The molecule has 0 radical (unpaired) electrons. The predicted octanol–water partition coefficient (Wildman–Crippen LogP) is 3.47. The summed E-state index contributed by atoms with van der Waals surface area (Å²) in [5, 5.41) is 0. The van der Waals surface area contributed by atoms with Crippen molar-refractivity contribution in [2.24, 2.45) is 23.1 Å². The van der Waals surface area contributed by atoms with Crippen molar-refractivity contribution in [1.29, 1.82) is 0 Å². The summed E-state index contributed by atoms with van der Waals surface area (Å²) < 4.78 is 0. The highest BCUT2D eigenvalue weighted by Crippen LogP contribution is 2.40. The fraction of sp³-hybridized carbons (Fsp3) is 1.00. The van der Waals surface area contributed by atoms with E-state index in [9.17, 15) is 0 Å². The van der Waals surface area contributed by atoms with Crippen LogP contribution in [0.15, 0.2) is 0 Å². The first-order valence-corrected chi connectivity index (χ1v) is 7.03. The molecule has 0 bridgehead atoms. The van der Waals surface area contributed by atoms with Gasteiger partial charge in [-0.25, -0.2) is 0 Å². The standard InChI is InChI=1S/C14H30N2/c1-5-11-9-7-8-10-12(11)13(16-15)14(3,4)6-2/h11-13,16H,5-10,15H2,1-4H3. The quantitative estimate of drug-likeness (QED) is 0.556. The van der Waals surface area contributed by atoms with E-state index in [1.807, 2.05) is 0 Å². The second-order valence-electron chi connectivity index (χ2n) is 6.10. The molecule has 0 spiro atoms. The van der Waals surface area contributed by atoms with Gasteiger partial charge in [0, 0.05) is 6.04 Å². The number of hydrogen-bond acceptors (Lipinski definition) is 2. The predicted molar refractivity (Wildman–Crippen MR) is 70.9 cm³/mol. The Kier molecular flexibility index (Phi) is 5.26. The van der Waals surface area contributed by atoms with Crippen LogP contribution in [0.3, 0.4) is 0 Å². The summed E-state index contributed by atoms with van der Waals surface area (Å²) in [6.07, 6.45) is 8.06. The molecular weight excluding hydrogens is 196 g/mol. The molecule has 0 aromatic carbocycles. The minimum atomic E-state index is 0.310. The summed E-state index contributed by atoms with van der Waals surface area (Å²) >= 11 is 0. The molecule has 96 valence electrons. The summed E-state index contributed by atoms with van der Waals surface area (Å²) in [5.74, 6) is 7.48. The van der Waals surface area contributed by atoms with Crippen molar-refractivity contribution in [3.05, 3.63) is 0 Å². The van der Waals surface area contributed by atoms with Crippen LogP contribution >= 0.6 is 0 Å². The molecule has 1 rings (SSSR count). The Morgan fingerprint density at radius 2 is 1.88 bits per heavy atom. The Balaban J connectivity index is 2.77. The average Bonchev–Trinajstić information content (AvgIpc) is 2.30. The number of nitrogens with one attached hydrogen (secondary N) is 1. The van der Waals surface area contributed by atoms with Crippen molar-refractivity contribution in [3.63, 3.8) is 0 Å². The van der Waals surface area contributed by atoms with Gasteiger partial charge in [0.05, 0.1) is 0 Å². The maximum atomic E-state index is 5.83. The van der Waals surface area contributed by atoms with E-state index in [2.05, 4.69) is 33.1 Å². The molecule has 2 nitrogen and oxygen atoms in total. The topological polar surface area (TPSA) is 38.0 Å². The summed E-state index contributed by atoms with van der Waals surface area (Å²) in [6.45, 7) is 9.29. The lowest BCUT2D eigenvalue weighted by Crippen LogP contribution is -2.52. The zero-order valence-electron chi connectivity index (χ0n) is 11.6. The van der Waals surface area contributed by atoms with Crippen molar-refractivity contribution in [2.75, 3.05) is 0 Å². The Morgan fingerprint density at radius 3 is 2.38 bits per heavy atom. The largest absolute Gasteiger partial charge is 0.271 e. The lowest BCUT2D eigenvalue weighted by atomic mass is 9.66. The van der Waals surface area contributed by atoms with Gasteiger partial charge in [-0.15, -0.1) is 0 Å². The van der Waals surface area contributed by atoms with Crippen molar-refractivity contribution in [1.82, 2.24) is 5.43 Å². The van der Waals surface area contributed by atoms with Gasteiger partial charge in [0.15, 0.2) is 0 Å². The van der Waals surface area contributed by atoms with E-state index in [-0.39, 0.29) is 0 Å². The molecule has 2 heteroatoms. The molecule has 1 saturated carbocycles. The van der Waals surface area contributed by atoms with Gasteiger partial charge >= 0.3 is 0 Å². The Labute approximate surface area is 101 Å². The molecule has 3 N–H and O–H groups in total. The van der Waals surface area contributed by atoms with Crippen molar-refractivity contribution in [3.8, 4) is 0 Å². The molecule has 0 aliphatic heterocycles. The average molecular weight is 226 g/mol. The summed E-state index contributed by atoms with van der Waals surface area (Å²) in [7, 11) is 0. The van der Waals surface area contributed by atoms with Crippen LogP contribution < -0.4 is 11.3 Å². The Bertz CT molecular complexity index is 201. The van der Waals surface area contributed by atoms with E-state index >= 15 is 0 Å². The van der Waals surface area contributed by atoms with Gasteiger partial charge in [-0.05, 0) is 30.1 Å². The third kappa shape index (κ3) is 2.98. The normalized spacial score (nSPS) is 29.1. The Hall–Kier alpha value is -0.0800. The zero-order chi connectivity index (χ0) is 12.2. The minimum absolute atomic E-state index is 0.310. The van der Waals surface area contributed by atoms with Crippen molar-refractivity contribution in [2.45, 2.75) is 72.3 Å². The molecule has 0 heterocycles. The third-order valence-corrected chi connectivity index (χ3v) is 4.85. The lowest BCUT2D eigenvalue weighted by Gasteiger charge is -2.44. The Morgan fingerprint density at radius 1 is 1.25 bits per heavy atom. The van der Waals surface area contributed by atoms with Gasteiger partial charge < -0.3 is 0 Å². The first-order valence-electron chi connectivity index (χ1n) is 7.03. The molecule has 0 saturated heterocycles. The molecule has 16 heavy (non-hydrogen) atoms. The van der Waals surface area contributed by atoms with Crippen molar-refractivity contribution >= 4 is 0 Å². The number of hydrogen-bond donors (Lipinski definition) is 2. The van der Waals surface area contributed by atoms with Crippen LogP contribution in [0.25, 0.3) is 0 Å². The number of nitrogens with two attached hydrogens (primary N) is 1. The van der Waals surface area contributed by atoms with Crippen LogP contribution in [0, 0.1) is 17.3 Å². The van der Waals surface area contributed by atoms with Gasteiger partial charge in [-0.2, -0.15) is 0 Å². The highest BCUT2D eigenvalue weighted by Gasteiger charge is 2.38. The highest BCUT2D eigenvalue weighted by atomic mass is 15.2. The van der Waals surface area contributed by atoms with Crippen LogP contribution in [0.5, 0.6) is 0 Å². The highest BCUT2D eigenvalue weighted by molar-refractivity contribution is 4.91. The summed E-state index contributed by atoms with van der Waals surface area (Å²) in [5.41, 5.74) is 3.44. The molecule has 1 aliphatic carbocycles. The maximum Gasteiger partial charge on any atom is 0.0292 e. The van der Waals surface area contributed by atoms with Crippen LogP contribution in [0.1, 0.15) is 66.2 Å². The van der Waals surface area contributed by atoms with Gasteiger partial charge in [-0.1, -0.05) is 53.4 Å². The molecule has 0 aromatic heterocycles.